The predicted molar refractivity (Wildman–Crippen MR) is 79.8 cm³/mol. The van der Waals surface area contributed by atoms with Crippen molar-refractivity contribution in [3.8, 4) is 0 Å². The Morgan fingerprint density at radius 1 is 1.50 bits per heavy atom. The fourth-order valence-electron chi connectivity index (χ4n) is 2.66. The average molecular weight is 297 g/mol. The number of nitrogens with one attached hydrogen (secondary N) is 1. The second kappa shape index (κ2) is 7.59. The van der Waals surface area contributed by atoms with E-state index in [9.17, 15) is 4.79 Å². The maximum atomic E-state index is 12.1. The molecule has 112 valence electrons. The second-order valence-corrected chi connectivity index (χ2v) is 6.15. The van der Waals surface area contributed by atoms with Crippen molar-refractivity contribution in [2.45, 2.75) is 38.1 Å². The summed E-state index contributed by atoms with van der Waals surface area (Å²) in [6.45, 7) is 0.898. The molecule has 6 heteroatoms. The second-order valence-electron chi connectivity index (χ2n) is 5.43. The Balaban J connectivity index is 1.69. The minimum absolute atomic E-state index is 0.00678. The quantitative estimate of drug-likeness (QED) is 0.872. The minimum Gasteiger partial charge on any atom is -0.396 e. The number of carbonyl (C=O) groups is 1. The molecule has 0 bridgehead atoms. The fraction of sp³-hybridized carbons (Fsp3) is 0.714. The maximum absolute atomic E-state index is 12.1. The van der Waals surface area contributed by atoms with Crippen molar-refractivity contribution in [1.82, 2.24) is 15.2 Å². The van der Waals surface area contributed by atoms with Crippen LogP contribution in [0.3, 0.4) is 0 Å². The summed E-state index contributed by atoms with van der Waals surface area (Å²) in [6, 6.07) is 0.296. The molecule has 0 spiro atoms. The van der Waals surface area contributed by atoms with Gasteiger partial charge in [-0.3, -0.25) is 0 Å². The van der Waals surface area contributed by atoms with E-state index in [4.69, 9.17) is 5.11 Å². The maximum Gasteiger partial charge on any atom is 0.317 e. The van der Waals surface area contributed by atoms with Gasteiger partial charge in [-0.2, -0.15) is 0 Å². The molecule has 20 heavy (non-hydrogen) atoms. The predicted octanol–water partition coefficient (Wildman–Crippen LogP) is 1.88. The fourth-order valence-corrected chi connectivity index (χ4v) is 3.26. The molecule has 1 fully saturated rings. The third-order valence-electron chi connectivity index (χ3n) is 4.08. The van der Waals surface area contributed by atoms with Gasteiger partial charge < -0.3 is 15.3 Å². The lowest BCUT2D eigenvalue weighted by Crippen LogP contribution is -2.45. The summed E-state index contributed by atoms with van der Waals surface area (Å²) in [7, 11) is 1.86. The Hall–Kier alpha value is -1.14. The first kappa shape index (κ1) is 15.3. The Morgan fingerprint density at radius 3 is 2.85 bits per heavy atom. The van der Waals surface area contributed by atoms with E-state index in [2.05, 4.69) is 10.3 Å². The van der Waals surface area contributed by atoms with Crippen molar-refractivity contribution < 1.29 is 9.90 Å². The minimum atomic E-state index is -0.00678. The van der Waals surface area contributed by atoms with Crippen LogP contribution in [0, 0.1) is 5.92 Å². The zero-order valence-corrected chi connectivity index (χ0v) is 12.7. The van der Waals surface area contributed by atoms with Crippen LogP contribution in [0.25, 0.3) is 0 Å². The molecule has 1 aliphatic rings. The van der Waals surface area contributed by atoms with Gasteiger partial charge >= 0.3 is 6.03 Å². The van der Waals surface area contributed by atoms with E-state index >= 15 is 0 Å². The van der Waals surface area contributed by atoms with Gasteiger partial charge in [0.2, 0.25) is 0 Å². The first-order chi connectivity index (χ1) is 9.70. The Bertz CT molecular complexity index is 403. The normalized spacial score (nSPS) is 22.5. The van der Waals surface area contributed by atoms with E-state index in [0.29, 0.717) is 18.5 Å². The standard InChI is InChI=1S/C14H23N3O2S/c1-17(13-4-2-11(8-18)3-5-13)14(19)15-7-6-12-9-20-10-16-12/h9-11,13,18H,2-8H2,1H3,(H,15,19). The van der Waals surface area contributed by atoms with Crippen molar-refractivity contribution in [2.75, 3.05) is 20.2 Å². The smallest absolute Gasteiger partial charge is 0.317 e. The lowest BCUT2D eigenvalue weighted by molar-refractivity contribution is 0.134. The van der Waals surface area contributed by atoms with Gasteiger partial charge in [0.25, 0.3) is 0 Å². The number of carbonyl (C=O) groups excluding carboxylic acids is 1. The van der Waals surface area contributed by atoms with E-state index in [-0.39, 0.29) is 12.6 Å². The summed E-state index contributed by atoms with van der Waals surface area (Å²) < 4.78 is 0. The lowest BCUT2D eigenvalue weighted by Gasteiger charge is -2.34. The highest BCUT2D eigenvalue weighted by Gasteiger charge is 2.25. The van der Waals surface area contributed by atoms with E-state index in [1.165, 1.54) is 0 Å². The summed E-state index contributed by atoms with van der Waals surface area (Å²) in [5.41, 5.74) is 2.84. The number of amides is 2. The molecule has 1 heterocycles. The van der Waals surface area contributed by atoms with Crippen LogP contribution in [0.4, 0.5) is 4.79 Å². The largest absolute Gasteiger partial charge is 0.396 e. The number of urea groups is 1. The van der Waals surface area contributed by atoms with Gasteiger partial charge in [-0.15, -0.1) is 11.3 Å². The highest BCUT2D eigenvalue weighted by molar-refractivity contribution is 7.07. The van der Waals surface area contributed by atoms with Gasteiger partial charge in [-0.25, -0.2) is 9.78 Å². The van der Waals surface area contributed by atoms with Crippen molar-refractivity contribution in [3.63, 3.8) is 0 Å². The molecule has 2 rings (SSSR count). The van der Waals surface area contributed by atoms with Crippen molar-refractivity contribution in [1.29, 1.82) is 0 Å². The van der Waals surface area contributed by atoms with Gasteiger partial charge in [0, 0.05) is 38.0 Å². The Kier molecular flexibility index (Phi) is 5.79. The Morgan fingerprint density at radius 2 is 2.25 bits per heavy atom. The van der Waals surface area contributed by atoms with Crippen molar-refractivity contribution in [3.05, 3.63) is 16.6 Å². The molecule has 2 N–H and O–H groups in total. The van der Waals surface area contributed by atoms with Gasteiger partial charge in [0.1, 0.15) is 0 Å². The SMILES string of the molecule is CN(C(=O)NCCc1cscn1)C1CCC(CO)CC1. The summed E-state index contributed by atoms with van der Waals surface area (Å²) in [6.07, 6.45) is 4.78. The topological polar surface area (TPSA) is 65.5 Å². The number of aromatic nitrogens is 1. The van der Waals surface area contributed by atoms with Crippen LogP contribution in [0.1, 0.15) is 31.4 Å². The van der Waals surface area contributed by atoms with E-state index in [1.54, 1.807) is 11.3 Å². The van der Waals surface area contributed by atoms with E-state index in [0.717, 1.165) is 37.8 Å². The van der Waals surface area contributed by atoms with Crippen LogP contribution in [0.15, 0.2) is 10.9 Å². The van der Waals surface area contributed by atoms with Crippen LogP contribution >= 0.6 is 11.3 Å². The molecule has 0 atom stereocenters. The third-order valence-corrected chi connectivity index (χ3v) is 4.72. The van der Waals surface area contributed by atoms with Gasteiger partial charge in [-0.1, -0.05) is 0 Å². The number of nitrogens with zero attached hydrogens (tertiary/aromatic N) is 2. The van der Waals surface area contributed by atoms with E-state index < -0.39 is 0 Å². The monoisotopic (exact) mass is 297 g/mol. The zero-order chi connectivity index (χ0) is 14.4. The number of hydrogen-bond donors (Lipinski definition) is 2. The highest BCUT2D eigenvalue weighted by atomic mass is 32.1. The van der Waals surface area contributed by atoms with Gasteiger partial charge in [0.05, 0.1) is 11.2 Å². The number of rotatable bonds is 5. The molecule has 5 nitrogen and oxygen atoms in total. The average Bonchev–Trinajstić information content (AvgIpc) is 2.99. The number of thiazole rings is 1. The summed E-state index contributed by atoms with van der Waals surface area (Å²) in [5.74, 6) is 0.423. The van der Waals surface area contributed by atoms with Crippen LogP contribution in [0.5, 0.6) is 0 Å². The first-order valence-electron chi connectivity index (χ1n) is 7.19. The van der Waals surface area contributed by atoms with Gasteiger partial charge in [-0.05, 0) is 31.6 Å². The van der Waals surface area contributed by atoms with E-state index in [1.807, 2.05) is 22.8 Å². The van der Waals surface area contributed by atoms with Crippen LogP contribution in [-0.2, 0) is 6.42 Å². The third kappa shape index (κ3) is 4.18. The molecule has 0 aromatic carbocycles. The molecule has 1 aromatic heterocycles. The zero-order valence-electron chi connectivity index (χ0n) is 11.9. The van der Waals surface area contributed by atoms with Crippen LogP contribution in [-0.4, -0.2) is 47.3 Å². The first-order valence-corrected chi connectivity index (χ1v) is 8.13. The molecule has 0 radical (unpaired) electrons. The Labute approximate surface area is 124 Å². The molecular formula is C14H23N3O2S. The molecule has 1 aliphatic carbocycles. The molecule has 0 saturated heterocycles. The van der Waals surface area contributed by atoms with Crippen molar-refractivity contribution >= 4 is 17.4 Å². The molecule has 0 unspecified atom stereocenters. The van der Waals surface area contributed by atoms with Gasteiger partial charge in [0.15, 0.2) is 0 Å². The molecule has 0 aliphatic heterocycles. The molecule has 1 aromatic rings. The molecule has 1 saturated carbocycles. The number of hydrogen-bond acceptors (Lipinski definition) is 4. The van der Waals surface area contributed by atoms with Crippen molar-refractivity contribution in [2.24, 2.45) is 5.92 Å². The molecular weight excluding hydrogens is 274 g/mol. The number of aliphatic hydroxyl groups excluding tert-OH is 1. The number of aliphatic hydroxyl groups is 1. The van der Waals surface area contributed by atoms with Crippen LogP contribution < -0.4 is 5.32 Å². The summed E-state index contributed by atoms with van der Waals surface area (Å²) in [5, 5.41) is 14.1. The lowest BCUT2D eigenvalue weighted by atomic mass is 9.86. The summed E-state index contributed by atoms with van der Waals surface area (Å²) in [4.78, 5) is 18.1. The van der Waals surface area contributed by atoms with Crippen LogP contribution in [0.2, 0.25) is 0 Å². The molecule has 2 amide bonds. The summed E-state index contributed by atoms with van der Waals surface area (Å²) >= 11 is 1.58. The highest BCUT2D eigenvalue weighted by Crippen LogP contribution is 2.26.